The summed E-state index contributed by atoms with van der Waals surface area (Å²) in [6, 6.07) is 10.0. The van der Waals surface area contributed by atoms with Crippen molar-refractivity contribution >= 4 is 17.3 Å². The smallest absolute Gasteiger partial charge is 0.259 e. The largest absolute Gasteiger partial charge is 0.493 e. The van der Waals surface area contributed by atoms with E-state index in [0.29, 0.717) is 18.8 Å². The van der Waals surface area contributed by atoms with Crippen molar-refractivity contribution in [3.8, 4) is 11.5 Å². The third kappa shape index (κ3) is 2.87. The molecule has 2 aliphatic rings. The molecule has 5 nitrogen and oxygen atoms in total. The number of anilines is 2. The minimum Gasteiger partial charge on any atom is -0.493 e. The van der Waals surface area contributed by atoms with E-state index in [2.05, 4.69) is 24.1 Å². The molecule has 0 bridgehead atoms. The zero-order valence-electron chi connectivity index (χ0n) is 15.3. The van der Waals surface area contributed by atoms with Gasteiger partial charge in [0.05, 0.1) is 18.8 Å². The van der Waals surface area contributed by atoms with Gasteiger partial charge in [0.1, 0.15) is 11.5 Å². The van der Waals surface area contributed by atoms with E-state index in [1.54, 1.807) is 0 Å². The highest BCUT2D eigenvalue weighted by molar-refractivity contribution is 6.08. The van der Waals surface area contributed by atoms with Crippen LogP contribution in [0, 0.1) is 0 Å². The van der Waals surface area contributed by atoms with Crippen molar-refractivity contribution in [3.05, 3.63) is 47.0 Å². The second kappa shape index (κ2) is 6.90. The quantitative estimate of drug-likeness (QED) is 0.892. The van der Waals surface area contributed by atoms with E-state index in [0.717, 1.165) is 59.9 Å². The van der Waals surface area contributed by atoms with Gasteiger partial charge in [0, 0.05) is 48.4 Å². The number of nitrogens with zero attached hydrogens (tertiary/aromatic N) is 1. The van der Waals surface area contributed by atoms with Crippen molar-refractivity contribution in [1.82, 2.24) is 0 Å². The molecule has 1 N–H and O–H groups in total. The van der Waals surface area contributed by atoms with Crippen LogP contribution in [0.2, 0.25) is 0 Å². The van der Waals surface area contributed by atoms with Crippen LogP contribution in [0.4, 0.5) is 11.4 Å². The summed E-state index contributed by atoms with van der Waals surface area (Å²) in [5, 5.41) is 3.03. The molecule has 0 radical (unpaired) electrons. The number of carbonyl (C=O) groups excluding carboxylic acids is 1. The number of nitrogens with one attached hydrogen (secondary N) is 1. The minimum absolute atomic E-state index is 0.124. The van der Waals surface area contributed by atoms with E-state index in [1.165, 1.54) is 0 Å². The minimum atomic E-state index is -0.124. The summed E-state index contributed by atoms with van der Waals surface area (Å²) < 4.78 is 11.5. The molecule has 0 saturated carbocycles. The molecule has 0 atom stereocenters. The highest BCUT2D eigenvalue weighted by atomic mass is 16.5. The molecule has 2 aliphatic heterocycles. The van der Waals surface area contributed by atoms with E-state index in [1.807, 2.05) is 30.3 Å². The summed E-state index contributed by atoms with van der Waals surface area (Å²) in [5.41, 5.74) is 4.61. The van der Waals surface area contributed by atoms with E-state index < -0.39 is 0 Å². The zero-order chi connectivity index (χ0) is 18.1. The van der Waals surface area contributed by atoms with Gasteiger partial charge in [-0.05, 0) is 44.2 Å². The third-order valence-electron chi connectivity index (χ3n) is 5.13. The first kappa shape index (κ1) is 16.8. The first-order valence-electron chi connectivity index (χ1n) is 9.32. The van der Waals surface area contributed by atoms with Crippen LogP contribution in [-0.4, -0.2) is 32.2 Å². The van der Waals surface area contributed by atoms with Crippen molar-refractivity contribution in [2.45, 2.75) is 26.7 Å². The molecule has 0 aliphatic carbocycles. The molecule has 5 heteroatoms. The van der Waals surface area contributed by atoms with Gasteiger partial charge in [0.25, 0.3) is 5.91 Å². The molecule has 0 fully saturated rings. The third-order valence-corrected chi connectivity index (χ3v) is 5.13. The lowest BCUT2D eigenvalue weighted by Gasteiger charge is -2.21. The average Bonchev–Trinajstić information content (AvgIpc) is 3.30. The molecule has 1 amide bonds. The maximum Gasteiger partial charge on any atom is 0.259 e. The van der Waals surface area contributed by atoms with Crippen LogP contribution in [0.15, 0.2) is 30.3 Å². The molecule has 2 aromatic carbocycles. The maximum atomic E-state index is 13.0. The Labute approximate surface area is 153 Å². The van der Waals surface area contributed by atoms with Gasteiger partial charge in [0.2, 0.25) is 0 Å². The standard InChI is InChI=1S/C21H24N2O3/c1-3-23(4-2)16-7-5-15(6-8-16)22-21(24)19-17-10-12-25-18(17)13-14-9-11-26-20(14)19/h5-8,13H,3-4,9-12H2,1-2H3,(H,22,24). The first-order chi connectivity index (χ1) is 12.7. The van der Waals surface area contributed by atoms with E-state index in [4.69, 9.17) is 9.47 Å². The second-order valence-corrected chi connectivity index (χ2v) is 6.59. The van der Waals surface area contributed by atoms with Crippen LogP contribution in [-0.2, 0) is 12.8 Å². The van der Waals surface area contributed by atoms with Crippen molar-refractivity contribution < 1.29 is 14.3 Å². The van der Waals surface area contributed by atoms with Crippen molar-refractivity contribution in [2.24, 2.45) is 0 Å². The Morgan fingerprint density at radius 3 is 2.54 bits per heavy atom. The number of benzene rings is 2. The molecule has 0 unspecified atom stereocenters. The number of fused-ring (bicyclic) bond motifs is 2. The molecule has 0 aromatic heterocycles. The molecule has 0 spiro atoms. The summed E-state index contributed by atoms with van der Waals surface area (Å²) in [7, 11) is 0. The predicted molar refractivity (Wildman–Crippen MR) is 103 cm³/mol. The Hall–Kier alpha value is -2.69. The van der Waals surface area contributed by atoms with Crippen LogP contribution in [0.1, 0.15) is 35.3 Å². The number of hydrogen-bond donors (Lipinski definition) is 1. The van der Waals surface area contributed by atoms with Crippen molar-refractivity contribution in [1.29, 1.82) is 0 Å². The van der Waals surface area contributed by atoms with Gasteiger partial charge >= 0.3 is 0 Å². The summed E-state index contributed by atoms with van der Waals surface area (Å²) in [6.45, 7) is 7.44. The molecule has 26 heavy (non-hydrogen) atoms. The van der Waals surface area contributed by atoms with Crippen LogP contribution in [0.3, 0.4) is 0 Å². The number of amides is 1. The summed E-state index contributed by atoms with van der Waals surface area (Å²) in [6.07, 6.45) is 1.57. The molecule has 4 rings (SSSR count). The van der Waals surface area contributed by atoms with Gasteiger partial charge in [-0.1, -0.05) is 0 Å². The number of carbonyl (C=O) groups is 1. The molecule has 2 heterocycles. The van der Waals surface area contributed by atoms with Gasteiger partial charge in [-0.25, -0.2) is 0 Å². The maximum absolute atomic E-state index is 13.0. The highest BCUT2D eigenvalue weighted by Crippen LogP contribution is 2.40. The van der Waals surface area contributed by atoms with E-state index >= 15 is 0 Å². The van der Waals surface area contributed by atoms with E-state index in [-0.39, 0.29) is 5.91 Å². The Balaban J connectivity index is 1.60. The zero-order valence-corrected chi connectivity index (χ0v) is 15.3. The Bertz CT molecular complexity index is 794. The lowest BCUT2D eigenvalue weighted by Crippen LogP contribution is -2.21. The van der Waals surface area contributed by atoms with Crippen LogP contribution in [0.5, 0.6) is 11.5 Å². The van der Waals surface area contributed by atoms with Crippen molar-refractivity contribution in [2.75, 3.05) is 36.5 Å². The highest BCUT2D eigenvalue weighted by Gasteiger charge is 2.30. The SMILES string of the molecule is CCN(CC)c1ccc(NC(=O)c2c3c(cc4c2OCC4)OCC3)cc1. The van der Waals surface area contributed by atoms with Crippen molar-refractivity contribution in [3.63, 3.8) is 0 Å². The average molecular weight is 352 g/mol. The predicted octanol–water partition coefficient (Wildman–Crippen LogP) is 3.65. The molecule has 2 aromatic rings. The van der Waals surface area contributed by atoms with Gasteiger partial charge < -0.3 is 19.7 Å². The molecule has 136 valence electrons. The fourth-order valence-electron chi connectivity index (χ4n) is 3.76. The van der Waals surface area contributed by atoms with E-state index in [9.17, 15) is 4.79 Å². The number of rotatable bonds is 5. The molecular weight excluding hydrogens is 328 g/mol. The lowest BCUT2D eigenvalue weighted by molar-refractivity contribution is 0.102. The lowest BCUT2D eigenvalue weighted by atomic mass is 9.99. The van der Waals surface area contributed by atoms with Crippen LogP contribution >= 0.6 is 0 Å². The first-order valence-corrected chi connectivity index (χ1v) is 9.32. The Kier molecular flexibility index (Phi) is 4.45. The van der Waals surface area contributed by atoms with Crippen LogP contribution in [0.25, 0.3) is 0 Å². The Morgan fingerprint density at radius 1 is 1.08 bits per heavy atom. The van der Waals surface area contributed by atoms with Gasteiger partial charge in [-0.15, -0.1) is 0 Å². The number of hydrogen-bond acceptors (Lipinski definition) is 4. The second-order valence-electron chi connectivity index (χ2n) is 6.59. The topological polar surface area (TPSA) is 50.8 Å². The summed E-state index contributed by atoms with van der Waals surface area (Å²) >= 11 is 0. The van der Waals surface area contributed by atoms with Gasteiger partial charge in [-0.3, -0.25) is 4.79 Å². The fourth-order valence-corrected chi connectivity index (χ4v) is 3.76. The molecule has 0 saturated heterocycles. The fraction of sp³-hybridized carbons (Fsp3) is 0.381. The summed E-state index contributed by atoms with van der Waals surface area (Å²) in [5.74, 6) is 1.43. The summed E-state index contributed by atoms with van der Waals surface area (Å²) in [4.78, 5) is 15.3. The number of ether oxygens (including phenoxy) is 2. The van der Waals surface area contributed by atoms with Gasteiger partial charge in [-0.2, -0.15) is 0 Å². The molecular formula is C21H24N2O3. The monoisotopic (exact) mass is 352 g/mol. The Morgan fingerprint density at radius 2 is 1.81 bits per heavy atom. The van der Waals surface area contributed by atoms with Crippen LogP contribution < -0.4 is 19.7 Å². The van der Waals surface area contributed by atoms with Gasteiger partial charge in [0.15, 0.2) is 0 Å². The normalized spacial score (nSPS) is 14.2.